The molecule has 1 aliphatic rings. The Bertz CT molecular complexity index is 1110. The number of carbonyl (C=O) groups is 1. The second-order valence-corrected chi connectivity index (χ2v) is 10.6. The van der Waals surface area contributed by atoms with E-state index in [1.165, 1.54) is 22.5 Å². The summed E-state index contributed by atoms with van der Waals surface area (Å²) in [5.74, 6) is -0.579. The van der Waals surface area contributed by atoms with Gasteiger partial charge in [0.2, 0.25) is 15.9 Å². The molecule has 11 heteroatoms. The molecule has 1 amide bonds. The fraction of sp³-hybridized carbons (Fsp3) is 0.409. The molecular weight excluding hydrogens is 523 g/mol. The van der Waals surface area contributed by atoms with Crippen LogP contribution < -0.4 is 5.32 Å². The maximum Gasteiger partial charge on any atom is 0.418 e. The van der Waals surface area contributed by atoms with Crippen LogP contribution >= 0.6 is 15.9 Å². The third-order valence-corrected chi connectivity index (χ3v) is 7.93. The zero-order valence-electron chi connectivity index (χ0n) is 18.0. The van der Waals surface area contributed by atoms with Crippen LogP contribution in [0.3, 0.4) is 0 Å². The third kappa shape index (κ3) is 6.34. The number of amides is 1. The summed E-state index contributed by atoms with van der Waals surface area (Å²) in [5, 5.41) is 2.34. The molecular formula is C22H25BrF3N3O3S. The Hall–Kier alpha value is -1.95. The minimum Gasteiger partial charge on any atom is -0.324 e. The number of benzene rings is 2. The van der Waals surface area contributed by atoms with Gasteiger partial charge in [0.1, 0.15) is 0 Å². The molecule has 0 aliphatic carbocycles. The van der Waals surface area contributed by atoms with Gasteiger partial charge >= 0.3 is 6.18 Å². The van der Waals surface area contributed by atoms with Crippen LogP contribution in [0, 0.1) is 0 Å². The number of carbonyl (C=O) groups excluding carboxylic acids is 1. The van der Waals surface area contributed by atoms with Crippen molar-refractivity contribution < 1.29 is 26.4 Å². The quantitative estimate of drug-likeness (QED) is 0.583. The predicted molar refractivity (Wildman–Crippen MR) is 123 cm³/mol. The van der Waals surface area contributed by atoms with Crippen LogP contribution in [0.1, 0.15) is 24.5 Å². The van der Waals surface area contributed by atoms with Gasteiger partial charge in [-0.15, -0.1) is 0 Å². The van der Waals surface area contributed by atoms with Crippen LogP contribution in [0.4, 0.5) is 18.9 Å². The number of aryl methyl sites for hydroxylation is 1. The largest absolute Gasteiger partial charge is 0.418 e. The van der Waals surface area contributed by atoms with Crippen molar-refractivity contribution in [2.24, 2.45) is 0 Å². The SMILES string of the molecule is CCc1cc(Br)ccc1S(=O)(=O)N1CCCN(CC(=O)Nc2ccccc2C(F)(F)F)CC1. The Labute approximate surface area is 199 Å². The molecule has 6 nitrogen and oxygen atoms in total. The topological polar surface area (TPSA) is 69.7 Å². The number of sulfonamides is 1. The van der Waals surface area contributed by atoms with Gasteiger partial charge in [0.15, 0.2) is 0 Å². The molecule has 1 heterocycles. The minimum absolute atomic E-state index is 0.126. The highest BCUT2D eigenvalue weighted by atomic mass is 79.9. The summed E-state index contributed by atoms with van der Waals surface area (Å²) in [5.41, 5.74) is -0.489. The van der Waals surface area contributed by atoms with Crippen molar-refractivity contribution in [1.82, 2.24) is 9.21 Å². The molecule has 0 unspecified atom stereocenters. The highest BCUT2D eigenvalue weighted by molar-refractivity contribution is 9.10. The molecule has 1 saturated heterocycles. The van der Waals surface area contributed by atoms with Crippen molar-refractivity contribution in [2.45, 2.75) is 30.8 Å². The molecule has 2 aromatic carbocycles. The molecule has 2 aromatic rings. The first-order valence-electron chi connectivity index (χ1n) is 10.5. The second-order valence-electron chi connectivity index (χ2n) is 7.73. The molecule has 0 radical (unpaired) electrons. The van der Waals surface area contributed by atoms with E-state index in [0.29, 0.717) is 38.0 Å². The number of anilines is 1. The Morgan fingerprint density at radius 2 is 1.82 bits per heavy atom. The molecule has 1 fully saturated rings. The minimum atomic E-state index is -4.58. The normalized spacial score (nSPS) is 16.4. The fourth-order valence-corrected chi connectivity index (χ4v) is 5.95. The average molecular weight is 548 g/mol. The number of halogens is 4. The summed E-state index contributed by atoms with van der Waals surface area (Å²) < 4.78 is 68.2. The third-order valence-electron chi connectivity index (χ3n) is 5.44. The Morgan fingerprint density at radius 3 is 2.52 bits per heavy atom. The number of para-hydroxylation sites is 1. The Kier molecular flexibility index (Phi) is 8.20. The van der Waals surface area contributed by atoms with Gasteiger partial charge in [-0.3, -0.25) is 9.69 Å². The molecule has 180 valence electrons. The van der Waals surface area contributed by atoms with Crippen LogP contribution in [0.5, 0.6) is 0 Å². The number of nitrogens with zero attached hydrogens (tertiary/aromatic N) is 2. The molecule has 0 bridgehead atoms. The molecule has 1 aliphatic heterocycles. The van der Waals surface area contributed by atoms with Gasteiger partial charge in [-0.05, 0) is 55.3 Å². The van der Waals surface area contributed by atoms with Crippen LogP contribution in [0.25, 0.3) is 0 Å². The summed E-state index contributed by atoms with van der Waals surface area (Å²) >= 11 is 3.37. The van der Waals surface area contributed by atoms with Crippen molar-refractivity contribution in [2.75, 3.05) is 38.0 Å². The van der Waals surface area contributed by atoms with Gasteiger partial charge < -0.3 is 5.32 Å². The monoisotopic (exact) mass is 547 g/mol. The van der Waals surface area contributed by atoms with Crippen molar-refractivity contribution in [3.8, 4) is 0 Å². The highest BCUT2D eigenvalue weighted by Gasteiger charge is 2.34. The standard InChI is InChI=1S/C22H25BrF3N3O3S/c1-2-16-14-17(23)8-9-20(16)33(31,32)29-11-5-10-28(12-13-29)15-21(30)27-19-7-4-3-6-18(19)22(24,25)26/h3-4,6-9,14H,2,5,10-13,15H2,1H3,(H,27,30). The predicted octanol–water partition coefficient (Wildman–Crippen LogP) is 4.37. The van der Waals surface area contributed by atoms with E-state index in [2.05, 4.69) is 21.2 Å². The lowest BCUT2D eigenvalue weighted by molar-refractivity contribution is -0.137. The molecule has 0 atom stereocenters. The van der Waals surface area contributed by atoms with Crippen molar-refractivity contribution in [1.29, 1.82) is 0 Å². The molecule has 1 N–H and O–H groups in total. The van der Waals surface area contributed by atoms with Gasteiger partial charge in [0.05, 0.1) is 22.7 Å². The van der Waals surface area contributed by atoms with E-state index in [9.17, 15) is 26.4 Å². The smallest absolute Gasteiger partial charge is 0.324 e. The molecule has 3 rings (SSSR count). The number of hydrogen-bond donors (Lipinski definition) is 1. The number of alkyl halides is 3. The van der Waals surface area contributed by atoms with E-state index in [1.54, 1.807) is 23.1 Å². The maximum atomic E-state index is 13.2. The van der Waals surface area contributed by atoms with Gasteiger partial charge in [0.25, 0.3) is 0 Å². The molecule has 33 heavy (non-hydrogen) atoms. The second kappa shape index (κ2) is 10.5. The van der Waals surface area contributed by atoms with Crippen molar-refractivity contribution >= 4 is 37.5 Å². The Morgan fingerprint density at radius 1 is 1.09 bits per heavy atom. The summed E-state index contributed by atoms with van der Waals surface area (Å²) in [7, 11) is -3.71. The lowest BCUT2D eigenvalue weighted by Crippen LogP contribution is -2.38. The van der Waals surface area contributed by atoms with E-state index < -0.39 is 27.7 Å². The fourth-order valence-electron chi connectivity index (χ4n) is 3.79. The molecule has 0 spiro atoms. The highest BCUT2D eigenvalue weighted by Crippen LogP contribution is 2.34. The van der Waals surface area contributed by atoms with Crippen LogP contribution in [0.15, 0.2) is 51.8 Å². The first kappa shape index (κ1) is 25.7. The Balaban J connectivity index is 1.66. The number of nitrogens with one attached hydrogen (secondary N) is 1. The number of hydrogen-bond acceptors (Lipinski definition) is 4. The van der Waals surface area contributed by atoms with Crippen LogP contribution in [-0.4, -0.2) is 56.3 Å². The lowest BCUT2D eigenvalue weighted by Gasteiger charge is -2.23. The van der Waals surface area contributed by atoms with E-state index in [4.69, 9.17) is 0 Å². The van der Waals surface area contributed by atoms with Gasteiger partial charge in [0, 0.05) is 24.1 Å². The van der Waals surface area contributed by atoms with Crippen molar-refractivity contribution in [3.63, 3.8) is 0 Å². The zero-order valence-corrected chi connectivity index (χ0v) is 20.4. The summed E-state index contributed by atoms with van der Waals surface area (Å²) in [4.78, 5) is 14.5. The summed E-state index contributed by atoms with van der Waals surface area (Å²) in [6, 6.07) is 9.88. The maximum absolute atomic E-state index is 13.2. The van der Waals surface area contributed by atoms with E-state index in [-0.39, 0.29) is 23.7 Å². The first-order chi connectivity index (χ1) is 15.5. The number of rotatable bonds is 6. The van der Waals surface area contributed by atoms with E-state index in [0.717, 1.165) is 10.5 Å². The van der Waals surface area contributed by atoms with E-state index in [1.807, 2.05) is 6.92 Å². The van der Waals surface area contributed by atoms with Crippen LogP contribution in [0.2, 0.25) is 0 Å². The zero-order chi connectivity index (χ0) is 24.2. The van der Waals surface area contributed by atoms with Crippen LogP contribution in [-0.2, 0) is 27.4 Å². The summed E-state index contributed by atoms with van der Waals surface area (Å²) in [6.07, 6.45) is -3.51. The van der Waals surface area contributed by atoms with Crippen molar-refractivity contribution in [3.05, 3.63) is 58.1 Å². The first-order valence-corrected chi connectivity index (χ1v) is 12.7. The van der Waals surface area contributed by atoms with Gasteiger partial charge in [-0.25, -0.2) is 8.42 Å². The van der Waals surface area contributed by atoms with Gasteiger partial charge in [-0.2, -0.15) is 17.5 Å². The lowest BCUT2D eigenvalue weighted by atomic mass is 10.1. The molecule has 0 saturated carbocycles. The molecule has 0 aromatic heterocycles. The van der Waals surface area contributed by atoms with E-state index >= 15 is 0 Å². The van der Waals surface area contributed by atoms with Gasteiger partial charge in [-0.1, -0.05) is 35.0 Å². The summed E-state index contributed by atoms with van der Waals surface area (Å²) in [6.45, 7) is 3.01. The average Bonchev–Trinajstić information content (AvgIpc) is 2.99.